The lowest BCUT2D eigenvalue weighted by Gasteiger charge is -2.23. The van der Waals surface area contributed by atoms with E-state index in [-0.39, 0.29) is 11.9 Å². The van der Waals surface area contributed by atoms with E-state index in [1.807, 2.05) is 0 Å². The first kappa shape index (κ1) is 15.4. The van der Waals surface area contributed by atoms with Crippen molar-refractivity contribution in [3.05, 3.63) is 29.8 Å². The Balaban J connectivity index is 2.14. The molecule has 2 atom stereocenters. The molecule has 0 heterocycles. The van der Waals surface area contributed by atoms with E-state index < -0.39 is 11.9 Å². The van der Waals surface area contributed by atoms with Crippen LogP contribution in [0.1, 0.15) is 42.5 Å². The van der Waals surface area contributed by atoms with Gasteiger partial charge in [0, 0.05) is 6.04 Å². The van der Waals surface area contributed by atoms with E-state index in [0.29, 0.717) is 24.2 Å². The van der Waals surface area contributed by atoms with Crippen molar-refractivity contribution in [2.45, 2.75) is 38.1 Å². The predicted molar refractivity (Wildman–Crippen MR) is 78.5 cm³/mol. The highest BCUT2D eigenvalue weighted by molar-refractivity contribution is 5.97. The van der Waals surface area contributed by atoms with Crippen molar-refractivity contribution < 1.29 is 19.4 Å². The van der Waals surface area contributed by atoms with Crippen LogP contribution in [0, 0.1) is 5.92 Å². The maximum Gasteiger partial charge on any atom is 0.308 e. The molecule has 0 spiro atoms. The van der Waals surface area contributed by atoms with Crippen LogP contribution in [-0.4, -0.2) is 30.1 Å². The van der Waals surface area contributed by atoms with Crippen LogP contribution in [0.4, 0.5) is 0 Å². The number of methoxy groups -OCH3 is 1. The molecule has 0 aliphatic heterocycles. The van der Waals surface area contributed by atoms with Gasteiger partial charge in [0.15, 0.2) is 0 Å². The third kappa shape index (κ3) is 3.74. The average molecular weight is 291 g/mol. The van der Waals surface area contributed by atoms with Crippen LogP contribution in [0.15, 0.2) is 24.3 Å². The zero-order chi connectivity index (χ0) is 15.2. The summed E-state index contributed by atoms with van der Waals surface area (Å²) in [7, 11) is 1.51. The second-order valence-electron chi connectivity index (χ2n) is 5.36. The molecule has 21 heavy (non-hydrogen) atoms. The zero-order valence-corrected chi connectivity index (χ0v) is 12.2. The SMILES string of the molecule is COc1ccccc1C(=O)N[C@H]1CCCCC[C@H]1C(=O)O. The van der Waals surface area contributed by atoms with Crippen LogP contribution in [0.25, 0.3) is 0 Å². The maximum atomic E-state index is 12.4. The van der Waals surface area contributed by atoms with Gasteiger partial charge in [-0.25, -0.2) is 0 Å². The van der Waals surface area contributed by atoms with Crippen molar-refractivity contribution in [1.29, 1.82) is 0 Å². The highest BCUT2D eigenvalue weighted by atomic mass is 16.5. The first-order valence-corrected chi connectivity index (χ1v) is 7.30. The van der Waals surface area contributed by atoms with E-state index in [2.05, 4.69) is 5.32 Å². The smallest absolute Gasteiger partial charge is 0.308 e. The minimum absolute atomic E-state index is 0.273. The molecule has 5 heteroatoms. The summed E-state index contributed by atoms with van der Waals surface area (Å²) in [5.74, 6) is -1.12. The molecule has 1 saturated carbocycles. The van der Waals surface area contributed by atoms with Gasteiger partial charge in [-0.15, -0.1) is 0 Å². The lowest BCUT2D eigenvalue weighted by Crippen LogP contribution is -2.42. The Bertz CT molecular complexity index is 515. The Morgan fingerprint density at radius 2 is 1.90 bits per heavy atom. The van der Waals surface area contributed by atoms with E-state index in [1.165, 1.54) is 7.11 Å². The van der Waals surface area contributed by atoms with Crippen LogP contribution in [0.3, 0.4) is 0 Å². The summed E-state index contributed by atoms with van der Waals surface area (Å²) < 4.78 is 5.18. The second kappa shape index (κ2) is 7.11. The molecule has 0 aromatic heterocycles. The third-order valence-electron chi connectivity index (χ3n) is 4.00. The molecular formula is C16H21NO4. The first-order valence-electron chi connectivity index (χ1n) is 7.30. The first-order chi connectivity index (χ1) is 10.1. The van der Waals surface area contributed by atoms with Crippen molar-refractivity contribution in [2.75, 3.05) is 7.11 Å². The summed E-state index contributed by atoms with van der Waals surface area (Å²) in [4.78, 5) is 23.8. The van der Waals surface area contributed by atoms with E-state index in [4.69, 9.17) is 4.74 Å². The average Bonchev–Trinajstić information content (AvgIpc) is 2.72. The van der Waals surface area contributed by atoms with Gasteiger partial charge < -0.3 is 15.2 Å². The number of ether oxygens (including phenoxy) is 1. The minimum Gasteiger partial charge on any atom is -0.496 e. The fraction of sp³-hybridized carbons (Fsp3) is 0.500. The number of carboxylic acids is 1. The summed E-state index contributed by atoms with van der Waals surface area (Å²) in [5, 5.41) is 12.2. The summed E-state index contributed by atoms with van der Waals surface area (Å²) >= 11 is 0. The molecule has 1 amide bonds. The van der Waals surface area contributed by atoms with Gasteiger partial charge in [-0.05, 0) is 25.0 Å². The summed E-state index contributed by atoms with van der Waals surface area (Å²) in [6, 6.07) is 6.64. The van der Waals surface area contributed by atoms with Crippen LogP contribution in [-0.2, 0) is 4.79 Å². The topological polar surface area (TPSA) is 75.6 Å². The standard InChI is InChI=1S/C16H21NO4/c1-21-14-10-6-5-8-12(14)15(18)17-13-9-4-2-3-7-11(13)16(19)20/h5-6,8,10-11,13H,2-4,7,9H2,1H3,(H,17,18)(H,19,20)/t11-,13+/m1/s1. The number of carbonyl (C=O) groups excluding carboxylic acids is 1. The van der Waals surface area contributed by atoms with Crippen molar-refractivity contribution >= 4 is 11.9 Å². The molecule has 5 nitrogen and oxygen atoms in total. The molecule has 2 rings (SSSR count). The molecule has 0 saturated heterocycles. The van der Waals surface area contributed by atoms with Gasteiger partial charge in [-0.2, -0.15) is 0 Å². The number of benzene rings is 1. The number of hydrogen-bond donors (Lipinski definition) is 2. The Morgan fingerprint density at radius 1 is 1.19 bits per heavy atom. The number of nitrogens with one attached hydrogen (secondary N) is 1. The van der Waals surface area contributed by atoms with Gasteiger partial charge in [0.25, 0.3) is 5.91 Å². The Hall–Kier alpha value is -2.04. The van der Waals surface area contributed by atoms with Crippen LogP contribution in [0.5, 0.6) is 5.75 Å². The monoisotopic (exact) mass is 291 g/mol. The van der Waals surface area contributed by atoms with Gasteiger partial charge in [-0.1, -0.05) is 31.4 Å². The second-order valence-corrected chi connectivity index (χ2v) is 5.36. The molecule has 1 aliphatic rings. The molecule has 114 valence electrons. The summed E-state index contributed by atoms with van der Waals surface area (Å²) in [5.41, 5.74) is 0.438. The number of aliphatic carboxylic acids is 1. The molecular weight excluding hydrogens is 270 g/mol. The van der Waals surface area contributed by atoms with Crippen LogP contribution >= 0.6 is 0 Å². The highest BCUT2D eigenvalue weighted by Gasteiger charge is 2.31. The van der Waals surface area contributed by atoms with Crippen molar-refractivity contribution in [3.63, 3.8) is 0 Å². The van der Waals surface area contributed by atoms with Crippen molar-refractivity contribution in [2.24, 2.45) is 5.92 Å². The predicted octanol–water partition coefficient (Wildman–Crippen LogP) is 2.46. The van der Waals surface area contributed by atoms with Gasteiger partial charge in [0.05, 0.1) is 18.6 Å². The van der Waals surface area contributed by atoms with E-state index in [0.717, 1.165) is 19.3 Å². The number of para-hydroxylation sites is 1. The van der Waals surface area contributed by atoms with E-state index in [1.54, 1.807) is 24.3 Å². The Morgan fingerprint density at radius 3 is 2.62 bits per heavy atom. The minimum atomic E-state index is -0.831. The van der Waals surface area contributed by atoms with E-state index in [9.17, 15) is 14.7 Å². The fourth-order valence-corrected chi connectivity index (χ4v) is 2.85. The van der Waals surface area contributed by atoms with Crippen molar-refractivity contribution in [1.82, 2.24) is 5.32 Å². The fourth-order valence-electron chi connectivity index (χ4n) is 2.85. The number of amides is 1. The molecule has 1 aromatic carbocycles. The summed E-state index contributed by atoms with van der Waals surface area (Å²) in [6.07, 6.45) is 4.19. The third-order valence-corrected chi connectivity index (χ3v) is 4.00. The van der Waals surface area contributed by atoms with Gasteiger partial charge in [0.1, 0.15) is 5.75 Å². The molecule has 1 fully saturated rings. The number of rotatable bonds is 4. The van der Waals surface area contributed by atoms with Crippen LogP contribution in [0.2, 0.25) is 0 Å². The number of hydrogen-bond acceptors (Lipinski definition) is 3. The Kier molecular flexibility index (Phi) is 5.20. The van der Waals surface area contributed by atoms with Gasteiger partial charge in [-0.3, -0.25) is 9.59 Å². The number of carbonyl (C=O) groups is 2. The normalized spacial score (nSPS) is 22.1. The molecule has 1 aromatic rings. The summed E-state index contributed by atoms with van der Waals surface area (Å²) in [6.45, 7) is 0. The zero-order valence-electron chi connectivity index (χ0n) is 12.2. The quantitative estimate of drug-likeness (QED) is 0.836. The number of carboxylic acid groups (broad SMARTS) is 1. The lowest BCUT2D eigenvalue weighted by atomic mass is 9.94. The van der Waals surface area contributed by atoms with Gasteiger partial charge >= 0.3 is 5.97 Å². The van der Waals surface area contributed by atoms with Crippen LogP contribution < -0.4 is 10.1 Å². The van der Waals surface area contributed by atoms with E-state index >= 15 is 0 Å². The Labute approximate surface area is 124 Å². The lowest BCUT2D eigenvalue weighted by molar-refractivity contribution is -0.142. The van der Waals surface area contributed by atoms with Gasteiger partial charge in [0.2, 0.25) is 0 Å². The molecule has 2 N–H and O–H groups in total. The molecule has 0 bridgehead atoms. The molecule has 1 aliphatic carbocycles. The molecule has 0 unspecified atom stereocenters. The largest absolute Gasteiger partial charge is 0.496 e. The maximum absolute atomic E-state index is 12.4. The highest BCUT2D eigenvalue weighted by Crippen LogP contribution is 2.25. The molecule has 0 radical (unpaired) electrons. The van der Waals surface area contributed by atoms with Crippen molar-refractivity contribution in [3.8, 4) is 5.75 Å².